The van der Waals surface area contributed by atoms with Crippen LogP contribution in [0.3, 0.4) is 0 Å². The van der Waals surface area contributed by atoms with Gasteiger partial charge in [-0.1, -0.05) is 0 Å². The SMILES string of the molecule is CCCCCC/C=C(/CCCC)[Se]c1ccccc1. The summed E-state index contributed by atoms with van der Waals surface area (Å²) in [5, 5.41) is 0. The van der Waals surface area contributed by atoms with Gasteiger partial charge in [0.2, 0.25) is 0 Å². The topological polar surface area (TPSA) is 0 Å². The Balaban J connectivity index is 2.43. The molecule has 1 aromatic carbocycles. The van der Waals surface area contributed by atoms with E-state index in [9.17, 15) is 0 Å². The Labute approximate surface area is 125 Å². The summed E-state index contributed by atoms with van der Waals surface area (Å²) in [5.41, 5.74) is 0. The summed E-state index contributed by atoms with van der Waals surface area (Å²) < 4.78 is 3.22. The zero-order chi connectivity index (χ0) is 13.8. The van der Waals surface area contributed by atoms with Gasteiger partial charge in [-0.15, -0.1) is 0 Å². The normalized spacial score (nSPS) is 11.8. The molecule has 0 aliphatic heterocycles. The van der Waals surface area contributed by atoms with Crippen LogP contribution < -0.4 is 4.46 Å². The van der Waals surface area contributed by atoms with Gasteiger partial charge in [0.05, 0.1) is 0 Å². The molecular formula is C18H28Se. The van der Waals surface area contributed by atoms with E-state index in [-0.39, 0.29) is 0 Å². The Hall–Kier alpha value is -0.521. The fraction of sp³-hybridized carbons (Fsp3) is 0.556. The molecule has 0 bridgehead atoms. The molecule has 0 heterocycles. The summed E-state index contributed by atoms with van der Waals surface area (Å²) in [5.74, 6) is 0. The van der Waals surface area contributed by atoms with Crippen LogP contribution in [0.5, 0.6) is 0 Å². The molecule has 1 heteroatoms. The number of benzene rings is 1. The van der Waals surface area contributed by atoms with Crippen LogP contribution in [0.4, 0.5) is 0 Å². The van der Waals surface area contributed by atoms with Crippen molar-refractivity contribution in [3.63, 3.8) is 0 Å². The molecule has 1 aromatic rings. The molecule has 0 aliphatic rings. The summed E-state index contributed by atoms with van der Waals surface area (Å²) in [6, 6.07) is 11.0. The van der Waals surface area contributed by atoms with Gasteiger partial charge in [0, 0.05) is 0 Å². The van der Waals surface area contributed by atoms with Crippen LogP contribution in [-0.4, -0.2) is 15.0 Å². The summed E-state index contributed by atoms with van der Waals surface area (Å²) in [6.07, 6.45) is 13.3. The molecule has 0 radical (unpaired) electrons. The van der Waals surface area contributed by atoms with E-state index in [1.165, 1.54) is 55.8 Å². The van der Waals surface area contributed by atoms with E-state index in [4.69, 9.17) is 0 Å². The van der Waals surface area contributed by atoms with Crippen molar-refractivity contribution >= 4 is 19.4 Å². The molecule has 0 atom stereocenters. The van der Waals surface area contributed by atoms with E-state index in [0.717, 1.165) is 0 Å². The molecule has 0 saturated heterocycles. The van der Waals surface area contributed by atoms with Crippen molar-refractivity contribution in [2.75, 3.05) is 0 Å². The molecule has 19 heavy (non-hydrogen) atoms. The predicted molar refractivity (Wildman–Crippen MR) is 88.2 cm³/mol. The van der Waals surface area contributed by atoms with Crippen molar-refractivity contribution in [1.29, 1.82) is 0 Å². The fourth-order valence-corrected chi connectivity index (χ4v) is 4.21. The van der Waals surface area contributed by atoms with Crippen LogP contribution in [-0.2, 0) is 0 Å². The Bertz CT molecular complexity index is 340. The maximum atomic E-state index is 2.54. The second kappa shape index (κ2) is 11.3. The predicted octanol–water partition coefficient (Wildman–Crippen LogP) is 5.06. The third-order valence-corrected chi connectivity index (χ3v) is 5.59. The maximum absolute atomic E-state index is 2.54. The van der Waals surface area contributed by atoms with Crippen LogP contribution >= 0.6 is 0 Å². The van der Waals surface area contributed by atoms with Gasteiger partial charge in [0.1, 0.15) is 0 Å². The average Bonchev–Trinajstić information content (AvgIpc) is 2.45. The van der Waals surface area contributed by atoms with Gasteiger partial charge in [-0.05, 0) is 0 Å². The van der Waals surface area contributed by atoms with E-state index in [1.807, 2.05) is 0 Å². The number of allylic oxidation sites excluding steroid dienone is 2. The number of hydrogen-bond donors (Lipinski definition) is 0. The van der Waals surface area contributed by atoms with Crippen LogP contribution in [0.1, 0.15) is 65.2 Å². The van der Waals surface area contributed by atoms with Crippen molar-refractivity contribution in [3.05, 3.63) is 40.9 Å². The zero-order valence-electron chi connectivity index (χ0n) is 12.5. The summed E-state index contributed by atoms with van der Waals surface area (Å²) in [6.45, 7) is 4.56. The Morgan fingerprint density at radius 1 is 0.947 bits per heavy atom. The second-order valence-corrected chi connectivity index (χ2v) is 7.56. The van der Waals surface area contributed by atoms with Crippen molar-refractivity contribution in [2.45, 2.75) is 65.2 Å². The van der Waals surface area contributed by atoms with E-state index >= 15 is 0 Å². The standard InChI is InChI=1S/C18H28Se/c1-3-5-7-8-10-14-17(13-6-4-2)19-18-15-11-9-12-16-18/h9,11-12,14-16H,3-8,10,13H2,1-2H3/b17-14-. The molecular weight excluding hydrogens is 295 g/mol. The molecule has 1 rings (SSSR count). The minimum atomic E-state index is 0.543. The van der Waals surface area contributed by atoms with Gasteiger partial charge in [-0.2, -0.15) is 0 Å². The molecule has 0 spiro atoms. The Kier molecular flexibility index (Phi) is 9.85. The van der Waals surface area contributed by atoms with Crippen molar-refractivity contribution in [1.82, 2.24) is 0 Å². The van der Waals surface area contributed by atoms with E-state index < -0.39 is 0 Å². The molecule has 0 unspecified atom stereocenters. The number of hydrogen-bond acceptors (Lipinski definition) is 0. The van der Waals surface area contributed by atoms with Crippen molar-refractivity contribution < 1.29 is 0 Å². The van der Waals surface area contributed by atoms with Gasteiger partial charge >= 0.3 is 126 Å². The molecule has 0 fully saturated rings. The van der Waals surface area contributed by atoms with Crippen molar-refractivity contribution in [3.8, 4) is 0 Å². The van der Waals surface area contributed by atoms with Gasteiger partial charge in [0.15, 0.2) is 0 Å². The molecule has 106 valence electrons. The van der Waals surface area contributed by atoms with Crippen LogP contribution in [0, 0.1) is 0 Å². The first-order valence-electron chi connectivity index (χ1n) is 7.78. The molecule has 0 saturated carbocycles. The first-order valence-corrected chi connectivity index (χ1v) is 9.50. The van der Waals surface area contributed by atoms with Crippen LogP contribution in [0.2, 0.25) is 0 Å². The minimum absolute atomic E-state index is 0.543. The molecule has 0 N–H and O–H groups in total. The Morgan fingerprint density at radius 3 is 2.37 bits per heavy atom. The first kappa shape index (κ1) is 16.5. The van der Waals surface area contributed by atoms with Gasteiger partial charge < -0.3 is 0 Å². The average molecular weight is 323 g/mol. The van der Waals surface area contributed by atoms with Gasteiger partial charge in [-0.3, -0.25) is 0 Å². The summed E-state index contributed by atoms with van der Waals surface area (Å²) in [7, 11) is 0. The van der Waals surface area contributed by atoms with E-state index in [1.54, 1.807) is 4.47 Å². The number of unbranched alkanes of at least 4 members (excludes halogenated alkanes) is 5. The van der Waals surface area contributed by atoms with E-state index in [0.29, 0.717) is 15.0 Å². The monoisotopic (exact) mass is 324 g/mol. The van der Waals surface area contributed by atoms with Gasteiger partial charge in [-0.25, -0.2) is 0 Å². The van der Waals surface area contributed by atoms with Crippen molar-refractivity contribution in [2.24, 2.45) is 0 Å². The zero-order valence-corrected chi connectivity index (χ0v) is 14.2. The van der Waals surface area contributed by atoms with Crippen LogP contribution in [0.15, 0.2) is 40.9 Å². The third kappa shape index (κ3) is 8.29. The molecule has 0 aromatic heterocycles. The molecule has 0 amide bonds. The number of rotatable bonds is 10. The van der Waals surface area contributed by atoms with Gasteiger partial charge in [0.25, 0.3) is 0 Å². The first-order chi connectivity index (χ1) is 9.36. The van der Waals surface area contributed by atoms with E-state index in [2.05, 4.69) is 50.3 Å². The molecule has 0 aliphatic carbocycles. The molecule has 0 nitrogen and oxygen atoms in total. The third-order valence-electron chi connectivity index (χ3n) is 3.20. The van der Waals surface area contributed by atoms with Crippen LogP contribution in [0.25, 0.3) is 0 Å². The summed E-state index contributed by atoms with van der Waals surface area (Å²) in [4.78, 5) is 0. The Morgan fingerprint density at radius 2 is 1.68 bits per heavy atom. The second-order valence-electron chi connectivity index (χ2n) is 5.04. The quantitative estimate of drug-likeness (QED) is 0.417. The summed E-state index contributed by atoms with van der Waals surface area (Å²) >= 11 is 0.543. The fourth-order valence-electron chi connectivity index (χ4n) is 2.02.